The van der Waals surface area contributed by atoms with E-state index >= 15 is 0 Å². The van der Waals surface area contributed by atoms with Gasteiger partial charge in [-0.05, 0) is 17.7 Å². The quantitative estimate of drug-likeness (QED) is 0.581. The maximum Gasteiger partial charge on any atom is 0.326 e. The fourth-order valence-corrected chi connectivity index (χ4v) is 2.84. The number of hydrogen-bond acceptors (Lipinski definition) is 5. The molecule has 0 fully saturated rings. The zero-order valence-electron chi connectivity index (χ0n) is 13.2. The second-order valence-corrected chi connectivity index (χ2v) is 5.72. The Morgan fingerprint density at radius 2 is 1.84 bits per heavy atom. The lowest BCUT2D eigenvalue weighted by molar-refractivity contribution is -0.137. The molecule has 4 rings (SSSR count). The molecule has 0 radical (unpaired) electrons. The Bertz CT molecular complexity index is 1040. The van der Waals surface area contributed by atoms with Crippen LogP contribution < -0.4 is 5.32 Å². The predicted molar refractivity (Wildman–Crippen MR) is 94.5 cm³/mol. The van der Waals surface area contributed by atoms with Crippen LogP contribution in [0.2, 0.25) is 0 Å². The van der Waals surface area contributed by atoms with Crippen LogP contribution >= 0.6 is 0 Å². The van der Waals surface area contributed by atoms with Gasteiger partial charge >= 0.3 is 5.97 Å². The van der Waals surface area contributed by atoms with Gasteiger partial charge < -0.3 is 14.8 Å². The summed E-state index contributed by atoms with van der Waals surface area (Å²) in [6.45, 7) is 0. The summed E-state index contributed by atoms with van der Waals surface area (Å²) >= 11 is 0. The fourth-order valence-electron chi connectivity index (χ4n) is 2.84. The molecule has 0 aliphatic heterocycles. The predicted octanol–water partition coefficient (Wildman–Crippen LogP) is 3.48. The third-order valence-corrected chi connectivity index (χ3v) is 4.05. The van der Waals surface area contributed by atoms with Crippen LogP contribution in [0.3, 0.4) is 0 Å². The third kappa shape index (κ3) is 2.89. The number of nitrogens with zero attached hydrogens (tertiary/aromatic N) is 2. The van der Waals surface area contributed by atoms with E-state index in [0.717, 1.165) is 10.9 Å². The number of carboxylic acids is 1. The zero-order chi connectivity index (χ0) is 17.2. The molecule has 124 valence electrons. The van der Waals surface area contributed by atoms with E-state index < -0.39 is 12.0 Å². The molecule has 0 saturated carbocycles. The fraction of sp³-hybridized carbons (Fsp3) is 0.105. The number of furan rings is 1. The molecule has 2 N–H and O–H groups in total. The number of aromatic nitrogens is 2. The lowest BCUT2D eigenvalue weighted by Crippen LogP contribution is -2.32. The Morgan fingerprint density at radius 3 is 2.64 bits per heavy atom. The molecule has 2 aromatic carbocycles. The molecular weight excluding hydrogens is 318 g/mol. The number of benzene rings is 2. The van der Waals surface area contributed by atoms with Crippen LogP contribution in [0.15, 0.2) is 65.3 Å². The Kier molecular flexibility index (Phi) is 3.78. The Hall–Kier alpha value is -3.41. The van der Waals surface area contributed by atoms with Gasteiger partial charge in [-0.15, -0.1) is 0 Å². The van der Waals surface area contributed by atoms with Crippen LogP contribution in [0.25, 0.3) is 22.1 Å². The number of fused-ring (bicyclic) bond motifs is 3. The van der Waals surface area contributed by atoms with Crippen molar-refractivity contribution in [3.63, 3.8) is 0 Å². The highest BCUT2D eigenvalue weighted by atomic mass is 16.4. The first-order chi connectivity index (χ1) is 12.2. The van der Waals surface area contributed by atoms with E-state index in [2.05, 4.69) is 15.3 Å². The van der Waals surface area contributed by atoms with E-state index in [1.807, 2.05) is 54.6 Å². The van der Waals surface area contributed by atoms with Gasteiger partial charge in [-0.2, -0.15) is 0 Å². The molecule has 25 heavy (non-hydrogen) atoms. The van der Waals surface area contributed by atoms with E-state index in [4.69, 9.17) is 4.42 Å². The Balaban J connectivity index is 1.72. The van der Waals surface area contributed by atoms with Crippen LogP contribution in [-0.4, -0.2) is 27.1 Å². The number of aliphatic carboxylic acids is 1. The average Bonchev–Trinajstić information content (AvgIpc) is 3.02. The third-order valence-electron chi connectivity index (χ3n) is 4.05. The van der Waals surface area contributed by atoms with Crippen LogP contribution in [0.1, 0.15) is 5.56 Å². The smallest absolute Gasteiger partial charge is 0.326 e. The minimum Gasteiger partial charge on any atom is -0.480 e. The number of hydrogen-bond donors (Lipinski definition) is 2. The van der Waals surface area contributed by atoms with Gasteiger partial charge in [-0.3, -0.25) is 0 Å². The van der Waals surface area contributed by atoms with Gasteiger partial charge in [0.05, 0.1) is 0 Å². The number of nitrogens with one attached hydrogen (secondary N) is 1. The number of anilines is 1. The summed E-state index contributed by atoms with van der Waals surface area (Å²) in [5.74, 6) is -0.573. The molecule has 2 aromatic heterocycles. The minimum absolute atomic E-state index is 0.335. The summed E-state index contributed by atoms with van der Waals surface area (Å²) < 4.78 is 5.83. The SMILES string of the molecule is O=C(O)C(Cc1ccccc1)Nc1ncnc2c1oc1ccccc12. The van der Waals surface area contributed by atoms with E-state index in [0.29, 0.717) is 28.9 Å². The molecule has 0 spiro atoms. The molecule has 6 heteroatoms. The molecule has 0 aliphatic rings. The van der Waals surface area contributed by atoms with E-state index in [1.165, 1.54) is 6.33 Å². The second kappa shape index (κ2) is 6.24. The van der Waals surface area contributed by atoms with Crippen LogP contribution in [-0.2, 0) is 11.2 Å². The lowest BCUT2D eigenvalue weighted by atomic mass is 10.1. The van der Waals surface area contributed by atoms with Crippen LogP contribution in [0.4, 0.5) is 5.82 Å². The summed E-state index contributed by atoms with van der Waals surface area (Å²) in [5.41, 5.74) is 2.74. The van der Waals surface area contributed by atoms with Crippen molar-refractivity contribution in [2.75, 3.05) is 5.32 Å². The number of rotatable bonds is 5. The van der Waals surface area contributed by atoms with Crippen molar-refractivity contribution in [1.82, 2.24) is 9.97 Å². The van der Waals surface area contributed by atoms with E-state index in [9.17, 15) is 9.90 Å². The summed E-state index contributed by atoms with van der Waals surface area (Å²) in [5, 5.41) is 13.4. The summed E-state index contributed by atoms with van der Waals surface area (Å²) in [4.78, 5) is 20.1. The van der Waals surface area contributed by atoms with Crippen molar-refractivity contribution in [2.24, 2.45) is 0 Å². The first-order valence-corrected chi connectivity index (χ1v) is 7.88. The topological polar surface area (TPSA) is 88.2 Å². The van der Waals surface area contributed by atoms with Crippen molar-refractivity contribution < 1.29 is 14.3 Å². The summed E-state index contributed by atoms with van der Waals surface area (Å²) in [7, 11) is 0. The van der Waals surface area contributed by atoms with E-state index in [-0.39, 0.29) is 0 Å². The highest BCUT2D eigenvalue weighted by Crippen LogP contribution is 2.30. The molecule has 0 saturated heterocycles. The first-order valence-electron chi connectivity index (χ1n) is 7.88. The van der Waals surface area contributed by atoms with Gasteiger partial charge in [0.1, 0.15) is 23.5 Å². The zero-order valence-corrected chi connectivity index (χ0v) is 13.2. The number of carboxylic acid groups (broad SMARTS) is 1. The molecule has 4 aromatic rings. The van der Waals surface area contributed by atoms with Gasteiger partial charge in [-0.25, -0.2) is 14.8 Å². The van der Waals surface area contributed by atoms with Gasteiger partial charge in [0.2, 0.25) is 0 Å². The largest absolute Gasteiger partial charge is 0.480 e. The van der Waals surface area contributed by atoms with Gasteiger partial charge in [0, 0.05) is 11.8 Å². The molecule has 0 aliphatic carbocycles. The lowest BCUT2D eigenvalue weighted by Gasteiger charge is -2.15. The second-order valence-electron chi connectivity index (χ2n) is 5.72. The van der Waals surface area contributed by atoms with Gasteiger partial charge in [0.25, 0.3) is 0 Å². The van der Waals surface area contributed by atoms with Gasteiger partial charge in [0.15, 0.2) is 11.4 Å². The Morgan fingerprint density at radius 1 is 1.08 bits per heavy atom. The Labute approximate surface area is 143 Å². The standard InChI is InChI=1S/C19H15N3O3/c23-19(24)14(10-12-6-2-1-3-7-12)22-18-17-16(20-11-21-18)13-8-4-5-9-15(13)25-17/h1-9,11,14H,10H2,(H,23,24)(H,20,21,22). The highest BCUT2D eigenvalue weighted by Gasteiger charge is 2.21. The summed E-state index contributed by atoms with van der Waals surface area (Å²) in [6, 6.07) is 16.2. The number of para-hydroxylation sites is 1. The molecule has 0 bridgehead atoms. The van der Waals surface area contributed by atoms with Gasteiger partial charge in [-0.1, -0.05) is 42.5 Å². The van der Waals surface area contributed by atoms with Crippen molar-refractivity contribution in [2.45, 2.75) is 12.5 Å². The van der Waals surface area contributed by atoms with Crippen molar-refractivity contribution in [3.8, 4) is 0 Å². The average molecular weight is 333 g/mol. The number of carbonyl (C=O) groups is 1. The maximum atomic E-state index is 11.7. The molecule has 1 unspecified atom stereocenters. The molecular formula is C19H15N3O3. The monoisotopic (exact) mass is 333 g/mol. The van der Waals surface area contributed by atoms with Crippen molar-refractivity contribution in [3.05, 3.63) is 66.5 Å². The van der Waals surface area contributed by atoms with Crippen molar-refractivity contribution >= 4 is 33.9 Å². The first kappa shape index (κ1) is 15.1. The minimum atomic E-state index is -0.952. The van der Waals surface area contributed by atoms with Crippen LogP contribution in [0.5, 0.6) is 0 Å². The highest BCUT2D eigenvalue weighted by molar-refractivity contribution is 6.05. The summed E-state index contributed by atoms with van der Waals surface area (Å²) in [6.07, 6.45) is 1.75. The van der Waals surface area contributed by atoms with E-state index in [1.54, 1.807) is 0 Å². The molecule has 6 nitrogen and oxygen atoms in total. The normalized spacial score (nSPS) is 12.3. The van der Waals surface area contributed by atoms with Crippen LogP contribution in [0, 0.1) is 0 Å². The molecule has 2 heterocycles. The molecule has 0 amide bonds. The van der Waals surface area contributed by atoms with Crippen molar-refractivity contribution in [1.29, 1.82) is 0 Å². The molecule has 1 atom stereocenters. The maximum absolute atomic E-state index is 11.7.